The summed E-state index contributed by atoms with van der Waals surface area (Å²) in [6, 6.07) is 16.6. The molecule has 1 heterocycles. The first-order valence-corrected chi connectivity index (χ1v) is 6.60. The largest absolute Gasteiger partial charge is 0.397 e. The van der Waals surface area contributed by atoms with Gasteiger partial charge in [-0.15, -0.1) is 0 Å². The van der Waals surface area contributed by atoms with Crippen LogP contribution in [-0.2, 0) is 0 Å². The van der Waals surface area contributed by atoms with Crippen molar-refractivity contribution >= 4 is 28.0 Å². The number of anilines is 3. The lowest BCUT2D eigenvalue weighted by atomic mass is 10.1. The zero-order valence-electron chi connectivity index (χ0n) is 11.7. The van der Waals surface area contributed by atoms with Gasteiger partial charge in [0.25, 0.3) is 0 Å². The van der Waals surface area contributed by atoms with Crippen molar-refractivity contribution in [1.29, 1.82) is 0 Å². The molecule has 3 aromatic rings. The van der Waals surface area contributed by atoms with Gasteiger partial charge in [0.2, 0.25) is 0 Å². The number of fused-ring (bicyclic) bond motifs is 1. The van der Waals surface area contributed by atoms with E-state index in [0.29, 0.717) is 5.69 Å². The van der Waals surface area contributed by atoms with Crippen molar-refractivity contribution in [3.63, 3.8) is 0 Å². The number of nitrogens with zero attached hydrogens (tertiary/aromatic N) is 2. The fourth-order valence-electron chi connectivity index (χ4n) is 2.56. The number of aromatic nitrogens is 1. The minimum Gasteiger partial charge on any atom is -0.397 e. The second kappa shape index (κ2) is 4.85. The van der Waals surface area contributed by atoms with E-state index in [1.807, 2.05) is 20.0 Å². The molecule has 0 saturated carbocycles. The molecule has 0 aliphatic carbocycles. The summed E-state index contributed by atoms with van der Waals surface area (Å²) in [5.74, 6) is 0.926. The minimum absolute atomic E-state index is 0.692. The fourth-order valence-corrected chi connectivity index (χ4v) is 2.56. The lowest BCUT2D eigenvalue weighted by Crippen LogP contribution is -2.13. The van der Waals surface area contributed by atoms with Gasteiger partial charge in [0.15, 0.2) is 0 Å². The molecular weight excluding hydrogens is 246 g/mol. The lowest BCUT2D eigenvalue weighted by Gasteiger charge is -2.22. The standard InChI is InChI=1S/C17H17N3/c1-12-10-14(18)11-19-17(12)20(2)16-9-5-7-13-6-3-4-8-15(13)16/h3-11H,18H2,1-2H3. The van der Waals surface area contributed by atoms with E-state index in [9.17, 15) is 0 Å². The number of benzene rings is 2. The Morgan fingerprint density at radius 2 is 1.80 bits per heavy atom. The van der Waals surface area contributed by atoms with Gasteiger partial charge < -0.3 is 10.6 Å². The van der Waals surface area contributed by atoms with Gasteiger partial charge in [0, 0.05) is 18.1 Å². The van der Waals surface area contributed by atoms with Crippen molar-refractivity contribution in [3.05, 3.63) is 60.3 Å². The third kappa shape index (κ3) is 2.07. The minimum atomic E-state index is 0.692. The summed E-state index contributed by atoms with van der Waals surface area (Å²) in [6.07, 6.45) is 1.70. The third-order valence-corrected chi connectivity index (χ3v) is 3.52. The molecule has 3 heteroatoms. The molecule has 0 atom stereocenters. The van der Waals surface area contributed by atoms with Crippen molar-refractivity contribution in [3.8, 4) is 0 Å². The lowest BCUT2D eigenvalue weighted by molar-refractivity contribution is 1.11. The van der Waals surface area contributed by atoms with Crippen LogP contribution in [0.4, 0.5) is 17.2 Å². The topological polar surface area (TPSA) is 42.1 Å². The summed E-state index contributed by atoms with van der Waals surface area (Å²) in [5.41, 5.74) is 8.68. The number of nitrogens with two attached hydrogens (primary N) is 1. The van der Waals surface area contributed by atoms with Crippen molar-refractivity contribution < 1.29 is 0 Å². The molecule has 2 aromatic carbocycles. The van der Waals surface area contributed by atoms with Gasteiger partial charge >= 0.3 is 0 Å². The van der Waals surface area contributed by atoms with Gasteiger partial charge in [-0.2, -0.15) is 0 Å². The fraction of sp³-hybridized carbons (Fsp3) is 0.118. The molecule has 100 valence electrons. The number of hydrogen-bond donors (Lipinski definition) is 1. The Hall–Kier alpha value is -2.55. The molecule has 0 radical (unpaired) electrons. The Balaban J connectivity index is 2.15. The quantitative estimate of drug-likeness (QED) is 0.762. The van der Waals surface area contributed by atoms with E-state index < -0.39 is 0 Å². The van der Waals surface area contributed by atoms with Crippen molar-refractivity contribution in [2.24, 2.45) is 0 Å². The molecule has 2 N–H and O–H groups in total. The monoisotopic (exact) mass is 263 g/mol. The molecule has 0 aliphatic rings. The van der Waals surface area contributed by atoms with E-state index in [1.165, 1.54) is 10.8 Å². The number of nitrogen functional groups attached to an aromatic ring is 1. The Bertz CT molecular complexity index is 760. The van der Waals surface area contributed by atoms with E-state index in [4.69, 9.17) is 5.73 Å². The molecule has 0 spiro atoms. The summed E-state index contributed by atoms with van der Waals surface area (Å²) >= 11 is 0. The van der Waals surface area contributed by atoms with Gasteiger partial charge in [-0.05, 0) is 30.0 Å². The Labute approximate surface area is 118 Å². The highest BCUT2D eigenvalue weighted by molar-refractivity contribution is 5.95. The molecule has 0 amide bonds. The maximum atomic E-state index is 5.78. The van der Waals surface area contributed by atoms with E-state index in [1.54, 1.807) is 6.20 Å². The first-order valence-electron chi connectivity index (χ1n) is 6.60. The van der Waals surface area contributed by atoms with Crippen molar-refractivity contribution in [2.45, 2.75) is 6.92 Å². The van der Waals surface area contributed by atoms with Crippen LogP contribution in [0.1, 0.15) is 5.56 Å². The van der Waals surface area contributed by atoms with Crippen LogP contribution in [0.3, 0.4) is 0 Å². The highest BCUT2D eigenvalue weighted by Gasteiger charge is 2.11. The Morgan fingerprint density at radius 1 is 1.05 bits per heavy atom. The van der Waals surface area contributed by atoms with Crippen molar-refractivity contribution in [2.75, 3.05) is 17.7 Å². The second-order valence-electron chi connectivity index (χ2n) is 4.97. The molecule has 0 fully saturated rings. The van der Waals surface area contributed by atoms with E-state index in [0.717, 1.165) is 17.1 Å². The van der Waals surface area contributed by atoms with E-state index in [-0.39, 0.29) is 0 Å². The Kier molecular flexibility index (Phi) is 3.03. The molecule has 1 aromatic heterocycles. The summed E-state index contributed by atoms with van der Waals surface area (Å²) in [4.78, 5) is 6.57. The summed E-state index contributed by atoms with van der Waals surface area (Å²) in [7, 11) is 2.04. The van der Waals surface area contributed by atoms with E-state index in [2.05, 4.69) is 52.3 Å². The van der Waals surface area contributed by atoms with Gasteiger partial charge in [-0.25, -0.2) is 4.98 Å². The van der Waals surface area contributed by atoms with Gasteiger partial charge in [-0.1, -0.05) is 36.4 Å². The molecule has 0 saturated heterocycles. The van der Waals surface area contributed by atoms with Crippen LogP contribution in [-0.4, -0.2) is 12.0 Å². The SMILES string of the molecule is Cc1cc(N)cnc1N(C)c1cccc2ccccc12. The van der Waals surface area contributed by atoms with Crippen LogP contribution in [0.15, 0.2) is 54.7 Å². The second-order valence-corrected chi connectivity index (χ2v) is 4.97. The van der Waals surface area contributed by atoms with Crippen LogP contribution in [0, 0.1) is 6.92 Å². The number of rotatable bonds is 2. The summed E-state index contributed by atoms with van der Waals surface area (Å²) < 4.78 is 0. The third-order valence-electron chi connectivity index (χ3n) is 3.52. The molecule has 3 rings (SSSR count). The maximum absolute atomic E-state index is 5.78. The number of hydrogen-bond acceptors (Lipinski definition) is 3. The van der Waals surface area contributed by atoms with Gasteiger partial charge in [0.1, 0.15) is 5.82 Å². The average Bonchev–Trinajstić information content (AvgIpc) is 2.46. The van der Waals surface area contributed by atoms with Crippen LogP contribution in [0.25, 0.3) is 10.8 Å². The number of aryl methyl sites for hydroxylation is 1. The van der Waals surface area contributed by atoms with Crippen LogP contribution in [0.2, 0.25) is 0 Å². The molecule has 0 bridgehead atoms. The molecule has 3 nitrogen and oxygen atoms in total. The average molecular weight is 263 g/mol. The summed E-state index contributed by atoms with van der Waals surface area (Å²) in [6.45, 7) is 2.03. The van der Waals surface area contributed by atoms with Crippen LogP contribution >= 0.6 is 0 Å². The smallest absolute Gasteiger partial charge is 0.135 e. The first kappa shape index (κ1) is 12.5. The summed E-state index contributed by atoms with van der Waals surface area (Å²) in [5, 5.41) is 2.44. The van der Waals surface area contributed by atoms with Crippen LogP contribution < -0.4 is 10.6 Å². The normalized spacial score (nSPS) is 10.7. The predicted molar refractivity (Wildman–Crippen MR) is 85.4 cm³/mol. The predicted octanol–water partition coefficient (Wildman–Crippen LogP) is 3.89. The first-order chi connectivity index (χ1) is 9.66. The molecule has 20 heavy (non-hydrogen) atoms. The zero-order chi connectivity index (χ0) is 14.1. The maximum Gasteiger partial charge on any atom is 0.135 e. The van der Waals surface area contributed by atoms with Crippen molar-refractivity contribution in [1.82, 2.24) is 4.98 Å². The number of pyridine rings is 1. The Morgan fingerprint density at radius 3 is 2.60 bits per heavy atom. The highest BCUT2D eigenvalue weighted by atomic mass is 15.2. The molecule has 0 aliphatic heterocycles. The highest BCUT2D eigenvalue weighted by Crippen LogP contribution is 2.31. The van der Waals surface area contributed by atoms with Gasteiger partial charge in [-0.3, -0.25) is 0 Å². The molecule has 0 unspecified atom stereocenters. The van der Waals surface area contributed by atoms with E-state index >= 15 is 0 Å². The van der Waals surface area contributed by atoms with Gasteiger partial charge in [0.05, 0.1) is 11.9 Å². The molecular formula is C17H17N3. The zero-order valence-corrected chi connectivity index (χ0v) is 11.7. The van der Waals surface area contributed by atoms with Crippen LogP contribution in [0.5, 0.6) is 0 Å².